The van der Waals surface area contributed by atoms with Gasteiger partial charge in [-0.15, -0.1) is 0 Å². The first-order valence-electron chi connectivity index (χ1n) is 7.77. The molecule has 0 bridgehead atoms. The summed E-state index contributed by atoms with van der Waals surface area (Å²) in [6, 6.07) is 0.442. The summed E-state index contributed by atoms with van der Waals surface area (Å²) in [5, 5.41) is 6.88. The summed E-state index contributed by atoms with van der Waals surface area (Å²) in [5.74, 6) is 0.714. The van der Waals surface area contributed by atoms with Gasteiger partial charge >= 0.3 is 0 Å². The second kappa shape index (κ2) is 6.33. The molecule has 3 heteroatoms. The predicted molar refractivity (Wildman–Crippen MR) is 74.6 cm³/mol. The van der Waals surface area contributed by atoms with E-state index in [-0.39, 0.29) is 6.04 Å². The van der Waals surface area contributed by atoms with Crippen molar-refractivity contribution in [1.29, 1.82) is 0 Å². The van der Waals surface area contributed by atoms with Gasteiger partial charge in [-0.2, -0.15) is 0 Å². The van der Waals surface area contributed by atoms with Crippen molar-refractivity contribution in [2.75, 3.05) is 13.1 Å². The Labute approximate surface area is 111 Å². The Morgan fingerprint density at radius 2 is 2.00 bits per heavy atom. The molecule has 0 aromatic heterocycles. The SMILES string of the molecule is CCC1CCNC(C(C)(F)CC2CCCCN2)C1. The van der Waals surface area contributed by atoms with Gasteiger partial charge in [0.25, 0.3) is 0 Å². The lowest BCUT2D eigenvalue weighted by Crippen LogP contribution is -2.53. The molecule has 0 aromatic rings. The van der Waals surface area contributed by atoms with Crippen LogP contribution in [0.15, 0.2) is 0 Å². The third-order valence-electron chi connectivity index (χ3n) is 4.87. The molecule has 0 amide bonds. The molecule has 2 heterocycles. The first kappa shape index (κ1) is 14.3. The summed E-state index contributed by atoms with van der Waals surface area (Å²) in [4.78, 5) is 0. The maximum Gasteiger partial charge on any atom is 0.125 e. The molecule has 0 aliphatic carbocycles. The first-order valence-corrected chi connectivity index (χ1v) is 7.77. The second-order valence-electron chi connectivity index (χ2n) is 6.43. The van der Waals surface area contributed by atoms with Crippen LogP contribution in [0, 0.1) is 5.92 Å². The average molecular weight is 256 g/mol. The summed E-state index contributed by atoms with van der Waals surface area (Å²) in [7, 11) is 0. The molecular formula is C15H29FN2. The largest absolute Gasteiger partial charge is 0.314 e. The van der Waals surface area contributed by atoms with Crippen molar-refractivity contribution in [3.63, 3.8) is 0 Å². The van der Waals surface area contributed by atoms with Gasteiger partial charge in [0.15, 0.2) is 0 Å². The molecule has 0 spiro atoms. The van der Waals surface area contributed by atoms with Gasteiger partial charge in [-0.1, -0.05) is 19.8 Å². The fourth-order valence-corrected chi connectivity index (χ4v) is 3.55. The summed E-state index contributed by atoms with van der Waals surface area (Å²) in [6.45, 7) is 6.08. The lowest BCUT2D eigenvalue weighted by Gasteiger charge is -2.40. The van der Waals surface area contributed by atoms with Gasteiger partial charge in [0.2, 0.25) is 0 Å². The van der Waals surface area contributed by atoms with Gasteiger partial charge in [0.1, 0.15) is 5.67 Å². The van der Waals surface area contributed by atoms with E-state index in [2.05, 4.69) is 17.6 Å². The van der Waals surface area contributed by atoms with Crippen LogP contribution in [-0.2, 0) is 0 Å². The van der Waals surface area contributed by atoms with E-state index in [1.54, 1.807) is 6.92 Å². The van der Waals surface area contributed by atoms with Gasteiger partial charge < -0.3 is 10.6 Å². The maximum atomic E-state index is 15.0. The third-order valence-corrected chi connectivity index (χ3v) is 4.87. The molecule has 0 aromatic carbocycles. The van der Waals surface area contributed by atoms with Crippen LogP contribution in [0.4, 0.5) is 4.39 Å². The minimum atomic E-state index is -1.07. The van der Waals surface area contributed by atoms with E-state index in [4.69, 9.17) is 0 Å². The minimum absolute atomic E-state index is 0.0555. The highest BCUT2D eigenvalue weighted by Crippen LogP contribution is 2.32. The van der Waals surface area contributed by atoms with Crippen LogP contribution in [0.25, 0.3) is 0 Å². The van der Waals surface area contributed by atoms with Crippen molar-refractivity contribution in [3.8, 4) is 0 Å². The van der Waals surface area contributed by atoms with Gasteiger partial charge in [-0.3, -0.25) is 0 Å². The Morgan fingerprint density at radius 1 is 1.17 bits per heavy atom. The monoisotopic (exact) mass is 256 g/mol. The molecule has 2 rings (SSSR count). The van der Waals surface area contributed by atoms with Crippen molar-refractivity contribution < 1.29 is 4.39 Å². The molecule has 2 nitrogen and oxygen atoms in total. The van der Waals surface area contributed by atoms with Crippen molar-refractivity contribution in [2.45, 2.75) is 76.5 Å². The highest BCUT2D eigenvalue weighted by atomic mass is 19.1. The van der Waals surface area contributed by atoms with Gasteiger partial charge in [0.05, 0.1) is 0 Å². The van der Waals surface area contributed by atoms with Crippen molar-refractivity contribution in [2.24, 2.45) is 5.92 Å². The van der Waals surface area contributed by atoms with E-state index >= 15 is 0 Å². The Hall–Kier alpha value is -0.150. The normalized spacial score (nSPS) is 37.2. The molecular weight excluding hydrogens is 227 g/mol. The van der Waals surface area contributed by atoms with E-state index < -0.39 is 5.67 Å². The summed E-state index contributed by atoms with van der Waals surface area (Å²) in [6.07, 6.45) is 7.73. The number of rotatable bonds is 4. The lowest BCUT2D eigenvalue weighted by atomic mass is 9.80. The Balaban J connectivity index is 1.87. The molecule has 0 saturated carbocycles. The van der Waals surface area contributed by atoms with Gasteiger partial charge in [0, 0.05) is 12.1 Å². The molecule has 4 atom stereocenters. The zero-order valence-electron chi connectivity index (χ0n) is 12.0. The summed E-state index contributed by atoms with van der Waals surface area (Å²) in [5.41, 5.74) is -1.07. The number of hydrogen-bond acceptors (Lipinski definition) is 2. The smallest absolute Gasteiger partial charge is 0.125 e. The minimum Gasteiger partial charge on any atom is -0.314 e. The number of halogens is 1. The topological polar surface area (TPSA) is 24.1 Å². The molecule has 2 saturated heterocycles. The van der Waals surface area contributed by atoms with Crippen LogP contribution in [0.2, 0.25) is 0 Å². The quantitative estimate of drug-likeness (QED) is 0.808. The van der Waals surface area contributed by atoms with E-state index in [0.717, 1.165) is 25.9 Å². The van der Waals surface area contributed by atoms with E-state index in [0.29, 0.717) is 18.4 Å². The number of hydrogen-bond donors (Lipinski definition) is 2. The zero-order chi connectivity index (χ0) is 13.0. The van der Waals surface area contributed by atoms with Crippen LogP contribution < -0.4 is 10.6 Å². The maximum absolute atomic E-state index is 15.0. The molecule has 2 fully saturated rings. The number of alkyl halides is 1. The number of piperidine rings is 2. The Morgan fingerprint density at radius 3 is 2.67 bits per heavy atom. The Bertz CT molecular complexity index is 249. The van der Waals surface area contributed by atoms with Crippen LogP contribution >= 0.6 is 0 Å². The van der Waals surface area contributed by atoms with Crippen molar-refractivity contribution in [1.82, 2.24) is 10.6 Å². The summed E-state index contributed by atoms with van der Waals surface area (Å²) < 4.78 is 15.0. The van der Waals surface area contributed by atoms with Crippen LogP contribution in [0.3, 0.4) is 0 Å². The molecule has 2 aliphatic heterocycles. The molecule has 2 N–H and O–H groups in total. The Kier molecular flexibility index (Phi) is 5.02. The molecule has 0 radical (unpaired) electrons. The highest BCUT2D eigenvalue weighted by molar-refractivity contribution is 4.95. The fourth-order valence-electron chi connectivity index (χ4n) is 3.55. The number of nitrogens with one attached hydrogen (secondary N) is 2. The van der Waals surface area contributed by atoms with Gasteiger partial charge in [-0.25, -0.2) is 4.39 Å². The van der Waals surface area contributed by atoms with Crippen LogP contribution in [0.5, 0.6) is 0 Å². The van der Waals surface area contributed by atoms with Crippen LogP contribution in [-0.4, -0.2) is 30.8 Å². The van der Waals surface area contributed by atoms with E-state index in [1.807, 2.05) is 0 Å². The third kappa shape index (κ3) is 3.67. The summed E-state index contributed by atoms with van der Waals surface area (Å²) >= 11 is 0. The highest BCUT2D eigenvalue weighted by Gasteiger charge is 2.39. The van der Waals surface area contributed by atoms with E-state index in [9.17, 15) is 4.39 Å². The second-order valence-corrected chi connectivity index (χ2v) is 6.43. The molecule has 4 unspecified atom stereocenters. The van der Waals surface area contributed by atoms with Crippen LogP contribution in [0.1, 0.15) is 58.8 Å². The van der Waals surface area contributed by atoms with E-state index in [1.165, 1.54) is 25.7 Å². The first-order chi connectivity index (χ1) is 8.62. The zero-order valence-corrected chi connectivity index (χ0v) is 12.0. The van der Waals surface area contributed by atoms with Crippen molar-refractivity contribution >= 4 is 0 Å². The van der Waals surface area contributed by atoms with Crippen molar-refractivity contribution in [3.05, 3.63) is 0 Å². The molecule has 2 aliphatic rings. The lowest BCUT2D eigenvalue weighted by molar-refractivity contribution is 0.0673. The molecule has 106 valence electrons. The fraction of sp³-hybridized carbons (Fsp3) is 1.00. The average Bonchev–Trinajstić information content (AvgIpc) is 2.39. The predicted octanol–water partition coefficient (Wildman–Crippen LogP) is 3.03. The standard InChI is InChI=1S/C15H29FN2/c1-3-12-7-9-18-14(10-12)15(2,16)11-13-6-4-5-8-17-13/h12-14,17-18H,3-11H2,1-2H3. The molecule has 18 heavy (non-hydrogen) atoms. The van der Waals surface area contributed by atoms with Gasteiger partial charge in [-0.05, 0) is 58.0 Å².